The maximum absolute atomic E-state index is 12.2. The van der Waals surface area contributed by atoms with Crippen molar-refractivity contribution in [3.63, 3.8) is 0 Å². The number of carbonyl (C=O) groups is 1. The molecule has 0 aromatic heterocycles. The van der Waals surface area contributed by atoms with Gasteiger partial charge in [0.15, 0.2) is 12.5 Å². The third kappa shape index (κ3) is 6.20. The molecule has 2 heterocycles. The van der Waals surface area contributed by atoms with Gasteiger partial charge in [-0.15, -0.1) is 0 Å². The Bertz CT molecular complexity index is 768. The molecule has 2 aliphatic heterocycles. The number of aliphatic hydroxyl groups is 7. The number of benzene rings is 1. The zero-order valence-electron chi connectivity index (χ0n) is 18.3. The summed E-state index contributed by atoms with van der Waals surface area (Å²) in [6, 6.07) is 8.78. The Labute approximate surface area is 195 Å². The summed E-state index contributed by atoms with van der Waals surface area (Å²) in [5.74, 6) is 0. The van der Waals surface area contributed by atoms with Crippen LogP contribution in [0.25, 0.3) is 0 Å². The Hall–Kier alpha value is -1.91. The summed E-state index contributed by atoms with van der Waals surface area (Å²) in [4.78, 5) is 12.2. The van der Waals surface area contributed by atoms with Crippen LogP contribution in [0.3, 0.4) is 0 Å². The lowest BCUT2D eigenvalue weighted by Crippen LogP contribution is -2.67. The van der Waals surface area contributed by atoms with E-state index in [-0.39, 0.29) is 0 Å². The molecule has 192 valence electrons. The van der Waals surface area contributed by atoms with Crippen LogP contribution in [0, 0.1) is 0 Å². The van der Waals surface area contributed by atoms with Crippen molar-refractivity contribution in [3.05, 3.63) is 35.9 Å². The van der Waals surface area contributed by atoms with Crippen LogP contribution in [0.15, 0.2) is 30.3 Å². The van der Waals surface area contributed by atoms with Crippen molar-refractivity contribution in [3.8, 4) is 0 Å². The van der Waals surface area contributed by atoms with Gasteiger partial charge in [0.25, 0.3) is 0 Å². The molecule has 10 atom stereocenters. The average Bonchev–Trinajstić information content (AvgIpc) is 2.84. The lowest BCUT2D eigenvalue weighted by Gasteiger charge is -2.46. The molecule has 0 spiro atoms. The maximum Gasteiger partial charge on any atom is 0.316 e. The second kappa shape index (κ2) is 12.2. The maximum atomic E-state index is 12.2. The third-order valence-corrected chi connectivity index (χ3v) is 5.82. The van der Waals surface area contributed by atoms with Crippen LogP contribution in [0.1, 0.15) is 5.56 Å². The Kier molecular flexibility index (Phi) is 9.56. The molecular formula is C21H32N2O11. The van der Waals surface area contributed by atoms with E-state index in [9.17, 15) is 40.5 Å². The van der Waals surface area contributed by atoms with Crippen LogP contribution in [-0.2, 0) is 20.6 Å². The van der Waals surface area contributed by atoms with Crippen molar-refractivity contribution in [2.45, 2.75) is 67.8 Å². The number of amides is 2. The van der Waals surface area contributed by atoms with Crippen LogP contribution >= 0.6 is 0 Å². The monoisotopic (exact) mass is 488 g/mol. The van der Waals surface area contributed by atoms with Gasteiger partial charge < -0.3 is 60.6 Å². The van der Waals surface area contributed by atoms with Crippen molar-refractivity contribution in [2.75, 3.05) is 19.8 Å². The summed E-state index contributed by atoms with van der Waals surface area (Å²) in [6.07, 6.45) is -14.9. The lowest BCUT2D eigenvalue weighted by molar-refractivity contribution is -0.342. The van der Waals surface area contributed by atoms with E-state index in [4.69, 9.17) is 14.2 Å². The van der Waals surface area contributed by atoms with Crippen molar-refractivity contribution in [1.82, 2.24) is 10.6 Å². The lowest BCUT2D eigenvalue weighted by atomic mass is 9.96. The molecule has 2 amide bonds. The van der Waals surface area contributed by atoms with Crippen molar-refractivity contribution < 1.29 is 54.8 Å². The molecule has 1 aromatic rings. The highest BCUT2D eigenvalue weighted by Gasteiger charge is 2.50. The normalized spacial score (nSPS) is 38.3. The fourth-order valence-corrected chi connectivity index (χ4v) is 3.85. The smallest absolute Gasteiger partial charge is 0.316 e. The van der Waals surface area contributed by atoms with Gasteiger partial charge >= 0.3 is 6.03 Å². The summed E-state index contributed by atoms with van der Waals surface area (Å²) in [7, 11) is 0. The zero-order chi connectivity index (χ0) is 24.8. The van der Waals surface area contributed by atoms with Gasteiger partial charge in [0, 0.05) is 6.54 Å². The number of hydrogen-bond donors (Lipinski definition) is 9. The van der Waals surface area contributed by atoms with Gasteiger partial charge in [-0.2, -0.15) is 0 Å². The third-order valence-electron chi connectivity index (χ3n) is 5.82. The Morgan fingerprint density at radius 2 is 1.53 bits per heavy atom. The number of carbonyl (C=O) groups excluding carboxylic acids is 1. The fraction of sp³-hybridized carbons (Fsp3) is 0.667. The number of rotatable bonds is 8. The summed E-state index contributed by atoms with van der Waals surface area (Å²) in [6.45, 7) is -1.08. The molecule has 2 aliphatic rings. The number of ether oxygens (including phenoxy) is 3. The highest BCUT2D eigenvalue weighted by atomic mass is 16.7. The molecule has 3 rings (SSSR count). The van der Waals surface area contributed by atoms with E-state index in [2.05, 4.69) is 10.6 Å². The first kappa shape index (κ1) is 26.7. The minimum atomic E-state index is -1.76. The van der Waals surface area contributed by atoms with Crippen molar-refractivity contribution in [1.29, 1.82) is 0 Å². The summed E-state index contributed by atoms with van der Waals surface area (Å²) in [5, 5.41) is 74.9. The van der Waals surface area contributed by atoms with Crippen molar-refractivity contribution >= 4 is 6.03 Å². The topological polar surface area (TPSA) is 210 Å². The van der Waals surface area contributed by atoms with Gasteiger partial charge in [-0.05, 0) is 12.0 Å². The molecule has 2 saturated heterocycles. The molecule has 0 bridgehead atoms. The van der Waals surface area contributed by atoms with Gasteiger partial charge in [-0.3, -0.25) is 0 Å². The summed E-state index contributed by atoms with van der Waals surface area (Å²) >= 11 is 0. The van der Waals surface area contributed by atoms with Gasteiger partial charge in [0.05, 0.1) is 13.2 Å². The molecule has 0 radical (unpaired) electrons. The molecule has 0 aliphatic carbocycles. The molecule has 0 saturated carbocycles. The molecule has 13 heteroatoms. The highest BCUT2D eigenvalue weighted by Crippen LogP contribution is 2.28. The van der Waals surface area contributed by atoms with Gasteiger partial charge in [0.1, 0.15) is 48.8 Å². The first-order chi connectivity index (χ1) is 16.3. The van der Waals surface area contributed by atoms with Gasteiger partial charge in [-0.25, -0.2) is 4.79 Å². The first-order valence-electron chi connectivity index (χ1n) is 10.9. The number of urea groups is 1. The van der Waals surface area contributed by atoms with E-state index < -0.39 is 80.6 Å². The van der Waals surface area contributed by atoms with Gasteiger partial charge in [-0.1, -0.05) is 30.3 Å². The predicted molar refractivity (Wildman–Crippen MR) is 113 cm³/mol. The SMILES string of the molecule is O=C(NCCc1ccccc1)N[C@@H]1O[C@H](CO)[C@@H](O[C@@H]2O[C@H](CO)[C@H](O)[C@H](O)[C@H]2O)[C@H](O)[C@H]1O. The number of hydrogen-bond acceptors (Lipinski definition) is 11. The summed E-state index contributed by atoms with van der Waals surface area (Å²) < 4.78 is 16.2. The minimum absolute atomic E-state index is 0.299. The highest BCUT2D eigenvalue weighted by molar-refractivity contribution is 5.74. The molecule has 13 nitrogen and oxygen atoms in total. The average molecular weight is 488 g/mol. The second-order valence-electron chi connectivity index (χ2n) is 8.19. The Morgan fingerprint density at radius 1 is 0.853 bits per heavy atom. The molecule has 2 fully saturated rings. The largest absolute Gasteiger partial charge is 0.394 e. The van der Waals surface area contributed by atoms with Crippen LogP contribution in [0.2, 0.25) is 0 Å². The van der Waals surface area contributed by atoms with E-state index in [0.29, 0.717) is 13.0 Å². The van der Waals surface area contributed by atoms with Gasteiger partial charge in [0.2, 0.25) is 0 Å². The van der Waals surface area contributed by atoms with E-state index in [1.54, 1.807) is 0 Å². The van der Waals surface area contributed by atoms with Crippen LogP contribution < -0.4 is 10.6 Å². The minimum Gasteiger partial charge on any atom is -0.394 e. The molecule has 0 unspecified atom stereocenters. The van der Waals surface area contributed by atoms with E-state index >= 15 is 0 Å². The second-order valence-corrected chi connectivity index (χ2v) is 8.19. The number of nitrogens with one attached hydrogen (secondary N) is 2. The quantitative estimate of drug-likeness (QED) is 0.173. The van der Waals surface area contributed by atoms with E-state index in [1.165, 1.54) is 0 Å². The fourth-order valence-electron chi connectivity index (χ4n) is 3.85. The number of aliphatic hydroxyl groups excluding tert-OH is 7. The zero-order valence-corrected chi connectivity index (χ0v) is 18.3. The Morgan fingerprint density at radius 3 is 2.18 bits per heavy atom. The van der Waals surface area contributed by atoms with Crippen LogP contribution in [0.4, 0.5) is 4.79 Å². The molecule has 1 aromatic carbocycles. The van der Waals surface area contributed by atoms with E-state index in [1.807, 2.05) is 30.3 Å². The first-order valence-corrected chi connectivity index (χ1v) is 10.9. The predicted octanol–water partition coefficient (Wildman–Crippen LogP) is -3.85. The molecule has 34 heavy (non-hydrogen) atoms. The van der Waals surface area contributed by atoms with Crippen LogP contribution in [-0.4, -0.2) is 123 Å². The Balaban J connectivity index is 1.56. The molecular weight excluding hydrogens is 456 g/mol. The van der Waals surface area contributed by atoms with Crippen LogP contribution in [0.5, 0.6) is 0 Å². The van der Waals surface area contributed by atoms with Crippen molar-refractivity contribution in [2.24, 2.45) is 0 Å². The molecule has 9 N–H and O–H groups in total. The van der Waals surface area contributed by atoms with E-state index in [0.717, 1.165) is 5.56 Å². The standard InChI is InChI=1S/C21H32N2O11/c24-8-11-13(26)14(27)17(30)20(33-11)34-18-12(9-25)32-19(16(29)15(18)28)23-21(31)22-7-6-10-4-2-1-3-5-10/h1-5,11-20,24-30H,6-9H2,(H2,22,23,31)/t11-,12-,13+,14+,15-,16-,17-,18-,19-,20+/m1/s1. The summed E-state index contributed by atoms with van der Waals surface area (Å²) in [5.41, 5.74) is 1.01.